The van der Waals surface area contributed by atoms with Crippen molar-refractivity contribution < 1.29 is 45.8 Å². The summed E-state index contributed by atoms with van der Waals surface area (Å²) in [5.74, 6) is -2.82. The number of aryl methyl sites for hydroxylation is 1. The van der Waals surface area contributed by atoms with Crippen molar-refractivity contribution in [2.45, 2.75) is 57.5 Å². The third kappa shape index (κ3) is 7.88. The fourth-order valence-electron chi connectivity index (χ4n) is 6.38. The van der Waals surface area contributed by atoms with Gasteiger partial charge in [-0.3, -0.25) is 24.0 Å². The lowest BCUT2D eigenvalue weighted by Gasteiger charge is -2.37. The van der Waals surface area contributed by atoms with Gasteiger partial charge < -0.3 is 20.1 Å². The number of nitrogens with zero attached hydrogens (tertiary/aromatic N) is 8. The van der Waals surface area contributed by atoms with Crippen molar-refractivity contribution in [3.63, 3.8) is 0 Å². The Morgan fingerprint density at radius 1 is 1.07 bits per heavy atom. The van der Waals surface area contributed by atoms with Gasteiger partial charge in [0.1, 0.15) is 23.3 Å². The Bertz CT molecular complexity index is 2320. The first kappa shape index (κ1) is 38.5. The molecule has 1 aromatic carbocycles. The molecular formula is C35H33F6N9O5. The number of benzene rings is 1. The van der Waals surface area contributed by atoms with E-state index in [0.29, 0.717) is 10.2 Å². The van der Waals surface area contributed by atoms with Crippen LogP contribution in [0.4, 0.5) is 26.3 Å². The summed E-state index contributed by atoms with van der Waals surface area (Å²) in [5.41, 5.74) is -2.71. The van der Waals surface area contributed by atoms with Gasteiger partial charge in [-0.15, -0.1) is 0 Å². The van der Waals surface area contributed by atoms with E-state index in [1.807, 2.05) is 0 Å². The van der Waals surface area contributed by atoms with Gasteiger partial charge in [-0.05, 0) is 61.7 Å². The lowest BCUT2D eigenvalue weighted by Crippen LogP contribution is -2.58. The highest BCUT2D eigenvalue weighted by molar-refractivity contribution is 6.01. The molecule has 6 rings (SSSR count). The van der Waals surface area contributed by atoms with E-state index in [2.05, 4.69) is 25.6 Å². The van der Waals surface area contributed by atoms with Crippen molar-refractivity contribution in [3.8, 4) is 34.1 Å². The summed E-state index contributed by atoms with van der Waals surface area (Å²) in [6.07, 6.45) is -2.07. The van der Waals surface area contributed by atoms with Crippen LogP contribution >= 0.6 is 0 Å². The molecular weight excluding hydrogens is 740 g/mol. The second kappa shape index (κ2) is 14.6. The molecule has 0 spiro atoms. The molecule has 2 amide bonds. The first-order valence-electron chi connectivity index (χ1n) is 16.6. The van der Waals surface area contributed by atoms with Crippen molar-refractivity contribution in [2.75, 3.05) is 13.7 Å². The minimum atomic E-state index is -4.84. The summed E-state index contributed by atoms with van der Waals surface area (Å²) < 4.78 is 91.7. The number of carbonyl (C=O) groups is 2. The zero-order valence-electron chi connectivity index (χ0n) is 29.6. The Balaban J connectivity index is 1.35. The van der Waals surface area contributed by atoms with E-state index in [1.165, 1.54) is 52.3 Å². The van der Waals surface area contributed by atoms with Gasteiger partial charge in [-0.2, -0.15) is 37.2 Å². The molecule has 0 radical (unpaired) electrons. The fraction of sp³-hybridized carbons (Fsp3) is 0.343. The molecule has 0 saturated carbocycles. The van der Waals surface area contributed by atoms with Gasteiger partial charge in [-0.25, -0.2) is 13.8 Å². The topological polar surface area (TPSA) is 162 Å². The smallest absolute Gasteiger partial charge is 0.435 e. The van der Waals surface area contributed by atoms with Gasteiger partial charge in [-0.1, -0.05) is 0 Å². The van der Waals surface area contributed by atoms with Gasteiger partial charge in [0, 0.05) is 37.8 Å². The number of ether oxygens (including phenoxy) is 1. The molecule has 5 aromatic rings. The number of hydrogen-bond acceptors (Lipinski definition) is 9. The van der Waals surface area contributed by atoms with Crippen molar-refractivity contribution in [1.82, 2.24) is 44.5 Å². The number of pyridine rings is 1. The molecule has 1 atom stereocenters. The van der Waals surface area contributed by atoms with E-state index in [9.17, 15) is 41.4 Å². The van der Waals surface area contributed by atoms with Crippen LogP contribution in [0.1, 0.15) is 47.6 Å². The summed E-state index contributed by atoms with van der Waals surface area (Å²) in [5, 5.41) is 24.0. The summed E-state index contributed by atoms with van der Waals surface area (Å²) in [6.45, 7) is -0.541. The van der Waals surface area contributed by atoms with E-state index < -0.39 is 53.2 Å². The van der Waals surface area contributed by atoms with E-state index in [-0.39, 0.29) is 71.2 Å². The molecule has 5 heterocycles. The first-order chi connectivity index (χ1) is 25.9. The number of hydrogen-bond donors (Lipinski definition) is 2. The summed E-state index contributed by atoms with van der Waals surface area (Å²) in [4.78, 5) is 45.8. The van der Waals surface area contributed by atoms with E-state index in [4.69, 9.17) is 4.74 Å². The van der Waals surface area contributed by atoms with Crippen LogP contribution in [0.3, 0.4) is 0 Å². The molecule has 0 bridgehead atoms. The third-order valence-electron chi connectivity index (χ3n) is 8.92. The van der Waals surface area contributed by atoms with Crippen LogP contribution < -0.4 is 15.6 Å². The number of aromatic nitrogens is 7. The predicted molar refractivity (Wildman–Crippen MR) is 181 cm³/mol. The zero-order valence-corrected chi connectivity index (χ0v) is 29.6. The highest BCUT2D eigenvalue weighted by Crippen LogP contribution is 2.36. The number of nitrogens with one attached hydrogen (secondary N) is 1. The molecule has 0 saturated heterocycles. The number of methoxy groups -OCH3 is 1. The zero-order chi connectivity index (χ0) is 40.0. The number of fused-ring (bicyclic) bond motifs is 1. The van der Waals surface area contributed by atoms with Gasteiger partial charge in [0.15, 0.2) is 11.4 Å². The van der Waals surface area contributed by atoms with Crippen molar-refractivity contribution >= 4 is 11.8 Å². The van der Waals surface area contributed by atoms with Gasteiger partial charge in [0.2, 0.25) is 5.91 Å². The monoisotopic (exact) mass is 773 g/mol. The summed E-state index contributed by atoms with van der Waals surface area (Å²) in [7, 11) is 2.72. The number of carbonyl (C=O) groups excluding carboxylic acids is 2. The molecule has 20 heteroatoms. The molecule has 0 unspecified atom stereocenters. The maximum Gasteiger partial charge on any atom is 0.435 e. The summed E-state index contributed by atoms with van der Waals surface area (Å²) >= 11 is 0. The molecule has 1 aliphatic rings. The Hall–Kier alpha value is -6.21. The quantitative estimate of drug-likeness (QED) is 0.186. The molecule has 4 aromatic heterocycles. The maximum absolute atomic E-state index is 15.6. The molecule has 0 fully saturated rings. The number of rotatable bonds is 11. The molecule has 1 aliphatic heterocycles. The minimum Gasteiger partial charge on any atom is -0.506 e. The van der Waals surface area contributed by atoms with E-state index >= 15 is 4.39 Å². The Morgan fingerprint density at radius 2 is 1.82 bits per heavy atom. The van der Waals surface area contributed by atoms with Gasteiger partial charge >= 0.3 is 12.7 Å². The van der Waals surface area contributed by atoms with Crippen LogP contribution in [0.25, 0.3) is 22.6 Å². The Kier molecular flexibility index (Phi) is 10.2. The van der Waals surface area contributed by atoms with Crippen molar-refractivity contribution in [3.05, 3.63) is 93.5 Å². The molecule has 2 N–H and O–H groups in total. The number of alkyl halides is 5. The molecule has 290 valence electrons. The second-order valence-corrected chi connectivity index (χ2v) is 13.4. The summed E-state index contributed by atoms with van der Waals surface area (Å²) in [6, 6.07) is 5.45. The van der Waals surface area contributed by atoms with Gasteiger partial charge in [0.05, 0.1) is 48.5 Å². The number of aromatic hydroxyl groups is 1. The fourth-order valence-corrected chi connectivity index (χ4v) is 6.38. The highest BCUT2D eigenvalue weighted by atomic mass is 19.4. The maximum atomic E-state index is 15.6. The average Bonchev–Trinajstić information content (AvgIpc) is 3.76. The second-order valence-electron chi connectivity index (χ2n) is 13.4. The number of amides is 2. The highest BCUT2D eigenvalue weighted by Gasteiger charge is 2.40. The van der Waals surface area contributed by atoms with Crippen LogP contribution in [0.5, 0.6) is 11.5 Å². The standard InChI is InChI=1S/C35H33F6N9O5/c1-34(2,17-50-24(12-27(45-50)35(39,40)41)23-8-5-19(51)15-42-23)44-31(53)25(11-18-14-43-49(16-18)33(37)38)48-10-9-20-21(6-7-22(36)29(20)32(48)54)30-26(55-4)13-28(52)47(3)46-30/h5-8,12-16,25,33,51H,9-11,17H2,1-4H3,(H,44,53)/t25-/m1/s1. The van der Waals surface area contributed by atoms with Crippen molar-refractivity contribution in [2.24, 2.45) is 7.05 Å². The van der Waals surface area contributed by atoms with Crippen LogP contribution in [-0.4, -0.2) is 81.4 Å². The Labute approximate surface area is 308 Å². The van der Waals surface area contributed by atoms with Crippen molar-refractivity contribution in [1.29, 1.82) is 0 Å². The van der Waals surface area contributed by atoms with E-state index in [0.717, 1.165) is 45.0 Å². The molecule has 14 nitrogen and oxygen atoms in total. The van der Waals surface area contributed by atoms with Crippen LogP contribution in [0.2, 0.25) is 0 Å². The number of halogens is 6. The van der Waals surface area contributed by atoms with Crippen LogP contribution in [0, 0.1) is 5.82 Å². The minimum absolute atomic E-state index is 0.0121. The molecule has 55 heavy (non-hydrogen) atoms. The normalized spacial score (nSPS) is 13.9. The molecule has 0 aliphatic carbocycles. The predicted octanol–water partition coefficient (Wildman–Crippen LogP) is 4.37. The van der Waals surface area contributed by atoms with Crippen LogP contribution in [0.15, 0.2) is 59.8 Å². The van der Waals surface area contributed by atoms with Gasteiger partial charge in [0.25, 0.3) is 11.5 Å². The average molecular weight is 774 g/mol. The largest absolute Gasteiger partial charge is 0.506 e. The first-order valence-corrected chi connectivity index (χ1v) is 16.6. The van der Waals surface area contributed by atoms with E-state index in [1.54, 1.807) is 0 Å². The SMILES string of the molecule is COc1cc(=O)n(C)nc1-c1ccc(F)c2c1CCN([C@H](Cc1cnn(C(F)F)c1)C(=O)NC(C)(C)Cn1nc(C(F)(F)F)cc1-c1ccc(O)cn1)C2=O. The van der Waals surface area contributed by atoms with Crippen LogP contribution in [-0.2, 0) is 37.4 Å². The lowest BCUT2D eigenvalue weighted by atomic mass is 9.90. The Morgan fingerprint density at radius 3 is 2.45 bits per heavy atom. The lowest BCUT2D eigenvalue weighted by molar-refractivity contribution is -0.141. The third-order valence-corrected chi connectivity index (χ3v) is 8.92.